The van der Waals surface area contributed by atoms with Crippen LogP contribution in [0.3, 0.4) is 0 Å². The van der Waals surface area contributed by atoms with E-state index in [-0.39, 0.29) is 18.3 Å². The molecule has 10 heteroatoms. The monoisotopic (exact) mass is 499 g/mol. The third-order valence-electron chi connectivity index (χ3n) is 6.67. The maximum absolute atomic E-state index is 13.6. The number of alkyl halides is 2. The molecule has 192 valence electrons. The summed E-state index contributed by atoms with van der Waals surface area (Å²) in [5.74, 6) is -1.70. The second-order valence-electron chi connectivity index (χ2n) is 9.17. The molecule has 2 amide bonds. The molecule has 3 aromatic rings. The summed E-state index contributed by atoms with van der Waals surface area (Å²) >= 11 is 0. The lowest BCUT2D eigenvalue weighted by Crippen LogP contribution is -2.45. The molecule has 1 fully saturated rings. The molecule has 0 aliphatic carbocycles. The molecule has 1 saturated heterocycles. The van der Waals surface area contributed by atoms with E-state index in [0.29, 0.717) is 29.7 Å². The van der Waals surface area contributed by atoms with Crippen molar-refractivity contribution < 1.29 is 23.6 Å². The molecule has 8 nitrogen and oxygen atoms in total. The molecule has 2 heterocycles. The van der Waals surface area contributed by atoms with Crippen molar-refractivity contribution in [2.24, 2.45) is 5.92 Å². The fraction of sp³-hybridized carbons (Fsp3) is 0.423. The van der Waals surface area contributed by atoms with Gasteiger partial charge in [-0.2, -0.15) is 0 Å². The molecular formula is C26H31F2N5O3. The number of carbonyl (C=O) groups is 2. The first kappa shape index (κ1) is 25.7. The minimum absolute atomic E-state index is 0.191. The number of hydrogen-bond donors (Lipinski definition) is 3. The number of para-hydroxylation sites is 2. The molecule has 2 aromatic carbocycles. The van der Waals surface area contributed by atoms with Gasteiger partial charge in [-0.25, -0.2) is 19.2 Å². The van der Waals surface area contributed by atoms with Crippen LogP contribution >= 0.6 is 0 Å². The van der Waals surface area contributed by atoms with Gasteiger partial charge in [0.2, 0.25) is 5.91 Å². The van der Waals surface area contributed by atoms with E-state index >= 15 is 0 Å². The minimum atomic E-state index is -2.71. The van der Waals surface area contributed by atoms with Gasteiger partial charge in [-0.3, -0.25) is 14.8 Å². The quantitative estimate of drug-likeness (QED) is 0.224. The number of hydroxylamine groups is 1. The van der Waals surface area contributed by atoms with Crippen molar-refractivity contribution in [3.63, 3.8) is 0 Å². The molecule has 1 aliphatic heterocycles. The molecule has 2 atom stereocenters. The van der Waals surface area contributed by atoms with E-state index in [9.17, 15) is 18.4 Å². The van der Waals surface area contributed by atoms with Crippen LogP contribution in [0.15, 0.2) is 48.5 Å². The normalized spacial score (nSPS) is 18.1. The Morgan fingerprint density at radius 1 is 1.11 bits per heavy atom. The van der Waals surface area contributed by atoms with Crippen molar-refractivity contribution >= 4 is 22.8 Å². The van der Waals surface area contributed by atoms with Crippen LogP contribution in [-0.4, -0.2) is 57.1 Å². The van der Waals surface area contributed by atoms with Gasteiger partial charge in [0.15, 0.2) is 5.82 Å². The van der Waals surface area contributed by atoms with E-state index in [0.717, 1.165) is 31.4 Å². The zero-order chi connectivity index (χ0) is 25.7. The Morgan fingerprint density at radius 2 is 1.86 bits per heavy atom. The fourth-order valence-corrected chi connectivity index (χ4v) is 4.77. The zero-order valence-electron chi connectivity index (χ0n) is 20.2. The van der Waals surface area contributed by atoms with Crippen LogP contribution in [0, 0.1) is 5.92 Å². The number of likely N-dealkylation sites (tertiary alicyclic amines) is 1. The summed E-state index contributed by atoms with van der Waals surface area (Å²) in [6.07, 6.45) is 0.473. The van der Waals surface area contributed by atoms with Gasteiger partial charge in [-0.05, 0) is 42.8 Å². The summed E-state index contributed by atoms with van der Waals surface area (Å²) < 4.78 is 28.6. The van der Waals surface area contributed by atoms with Crippen LogP contribution in [0.2, 0.25) is 0 Å². The van der Waals surface area contributed by atoms with Gasteiger partial charge < -0.3 is 14.8 Å². The zero-order valence-corrected chi connectivity index (χ0v) is 20.2. The van der Waals surface area contributed by atoms with E-state index in [1.165, 1.54) is 4.57 Å². The van der Waals surface area contributed by atoms with Gasteiger partial charge in [0, 0.05) is 25.2 Å². The van der Waals surface area contributed by atoms with Gasteiger partial charge in [-0.1, -0.05) is 44.0 Å². The first-order valence-corrected chi connectivity index (χ1v) is 12.2. The predicted octanol–water partition coefficient (Wildman–Crippen LogP) is 3.75. The maximum Gasteiger partial charge on any atom is 0.295 e. The third kappa shape index (κ3) is 5.71. The van der Waals surface area contributed by atoms with Gasteiger partial charge in [-0.15, -0.1) is 0 Å². The number of unbranched alkanes of at least 4 members (excludes halogenated alkanes) is 2. The SMILES string of the molecule is CCCCCN1C[C@H](C(=O)NO)[C@H](NC(=O)c2ccc(Cn3c(C(F)F)nc4ccccc43)cc2)C1. The van der Waals surface area contributed by atoms with Crippen molar-refractivity contribution in [2.75, 3.05) is 19.6 Å². The molecule has 1 aromatic heterocycles. The smallest absolute Gasteiger partial charge is 0.295 e. The molecule has 4 rings (SSSR count). The van der Waals surface area contributed by atoms with Crippen LogP contribution in [0.5, 0.6) is 0 Å². The standard InChI is InChI=1S/C26H31F2N5O3/c1-2-3-6-13-32-15-19(26(35)31-36)21(16-32)30-25(34)18-11-9-17(10-12-18)14-33-22-8-5-4-7-20(22)29-24(33)23(27)28/h4-5,7-12,19,21,23,36H,2-3,6,13-16H2,1H3,(H,30,34)(H,31,35)/t19-,21+/m0/s1. The summed E-state index contributed by atoms with van der Waals surface area (Å²) in [6.45, 7) is 4.13. The Kier molecular flexibility index (Phi) is 8.27. The average molecular weight is 500 g/mol. The number of hydrogen-bond acceptors (Lipinski definition) is 5. The van der Waals surface area contributed by atoms with Crippen LogP contribution in [-0.2, 0) is 11.3 Å². The largest absolute Gasteiger partial charge is 0.347 e. The number of nitrogens with one attached hydrogen (secondary N) is 2. The van der Waals surface area contributed by atoms with Crippen LogP contribution in [0.4, 0.5) is 8.78 Å². The summed E-state index contributed by atoms with van der Waals surface area (Å²) in [5, 5.41) is 12.1. The van der Waals surface area contributed by atoms with Crippen molar-refractivity contribution in [1.29, 1.82) is 0 Å². The lowest BCUT2D eigenvalue weighted by atomic mass is 10.0. The van der Waals surface area contributed by atoms with Crippen molar-refractivity contribution in [2.45, 2.75) is 45.2 Å². The molecule has 0 spiro atoms. The number of nitrogens with zero attached hydrogens (tertiary/aromatic N) is 3. The van der Waals surface area contributed by atoms with E-state index in [1.54, 1.807) is 54.0 Å². The van der Waals surface area contributed by atoms with Gasteiger partial charge in [0.25, 0.3) is 12.3 Å². The molecule has 0 radical (unpaired) electrons. The van der Waals surface area contributed by atoms with E-state index in [1.807, 2.05) is 0 Å². The Morgan fingerprint density at radius 3 is 2.56 bits per heavy atom. The number of benzene rings is 2. The van der Waals surface area contributed by atoms with Crippen LogP contribution < -0.4 is 10.8 Å². The highest BCUT2D eigenvalue weighted by atomic mass is 19.3. The molecule has 0 unspecified atom stereocenters. The van der Waals surface area contributed by atoms with E-state index in [4.69, 9.17) is 5.21 Å². The highest BCUT2D eigenvalue weighted by molar-refractivity contribution is 5.95. The van der Waals surface area contributed by atoms with E-state index < -0.39 is 24.3 Å². The number of carbonyl (C=O) groups excluding carboxylic acids is 2. The fourth-order valence-electron chi connectivity index (χ4n) is 4.77. The Labute approximate surface area is 208 Å². The summed E-state index contributed by atoms with van der Waals surface area (Å²) in [5.41, 5.74) is 3.98. The molecule has 0 bridgehead atoms. The Hall–Kier alpha value is -3.37. The average Bonchev–Trinajstić information content (AvgIpc) is 3.45. The Bertz CT molecular complexity index is 1200. The topological polar surface area (TPSA) is 99.5 Å². The van der Waals surface area contributed by atoms with Crippen molar-refractivity contribution in [1.82, 2.24) is 25.2 Å². The van der Waals surface area contributed by atoms with Crippen LogP contribution in [0.25, 0.3) is 11.0 Å². The third-order valence-corrected chi connectivity index (χ3v) is 6.67. The maximum atomic E-state index is 13.6. The minimum Gasteiger partial charge on any atom is -0.347 e. The van der Waals surface area contributed by atoms with Crippen molar-refractivity contribution in [3.8, 4) is 0 Å². The molecular weight excluding hydrogens is 468 g/mol. The number of imidazole rings is 1. The Balaban J connectivity index is 1.44. The van der Waals surface area contributed by atoms with Gasteiger partial charge >= 0.3 is 0 Å². The summed E-state index contributed by atoms with van der Waals surface area (Å²) in [4.78, 5) is 31.3. The first-order valence-electron chi connectivity index (χ1n) is 12.2. The molecule has 0 saturated carbocycles. The second-order valence-corrected chi connectivity index (χ2v) is 9.17. The molecule has 1 aliphatic rings. The number of rotatable bonds is 10. The lowest BCUT2D eigenvalue weighted by Gasteiger charge is -2.18. The lowest BCUT2D eigenvalue weighted by molar-refractivity contribution is -0.133. The number of amides is 2. The van der Waals surface area contributed by atoms with Crippen molar-refractivity contribution in [3.05, 3.63) is 65.5 Å². The predicted molar refractivity (Wildman–Crippen MR) is 131 cm³/mol. The van der Waals surface area contributed by atoms with Gasteiger partial charge in [0.1, 0.15) is 0 Å². The highest BCUT2D eigenvalue weighted by Crippen LogP contribution is 2.25. The first-order chi connectivity index (χ1) is 17.4. The highest BCUT2D eigenvalue weighted by Gasteiger charge is 2.38. The van der Waals surface area contributed by atoms with Gasteiger partial charge in [0.05, 0.1) is 23.0 Å². The second kappa shape index (κ2) is 11.6. The summed E-state index contributed by atoms with van der Waals surface area (Å²) in [6, 6.07) is 13.3. The molecule has 3 N–H and O–H groups in total. The molecule has 36 heavy (non-hydrogen) atoms. The number of halogens is 2. The number of aromatic nitrogens is 2. The van der Waals surface area contributed by atoms with E-state index in [2.05, 4.69) is 22.1 Å². The number of fused-ring (bicyclic) bond motifs is 1. The van der Waals surface area contributed by atoms with Crippen LogP contribution in [0.1, 0.15) is 54.4 Å². The summed E-state index contributed by atoms with van der Waals surface area (Å²) in [7, 11) is 0.